The molecule has 0 amide bonds. The molecule has 8 nitrogen and oxygen atoms in total. The van der Waals surface area contributed by atoms with Crippen LogP contribution in [-0.2, 0) is 26.1 Å². The summed E-state index contributed by atoms with van der Waals surface area (Å²) in [6, 6.07) is 15.4. The summed E-state index contributed by atoms with van der Waals surface area (Å²) >= 11 is 6.14. The Labute approximate surface area is 185 Å². The van der Waals surface area contributed by atoms with Gasteiger partial charge in [0.2, 0.25) is 10.0 Å². The highest BCUT2D eigenvalue weighted by Gasteiger charge is 2.29. The van der Waals surface area contributed by atoms with Crippen molar-refractivity contribution in [2.24, 2.45) is 0 Å². The zero-order valence-electron chi connectivity index (χ0n) is 16.5. The molecule has 31 heavy (non-hydrogen) atoms. The Morgan fingerprint density at radius 3 is 2.58 bits per heavy atom. The minimum Gasteiger partial charge on any atom is -0.456 e. The van der Waals surface area contributed by atoms with Gasteiger partial charge in [-0.05, 0) is 36.4 Å². The van der Waals surface area contributed by atoms with E-state index in [0.717, 1.165) is 5.69 Å². The van der Waals surface area contributed by atoms with Crippen LogP contribution in [0.5, 0.6) is 0 Å². The van der Waals surface area contributed by atoms with Gasteiger partial charge in [-0.2, -0.15) is 9.40 Å². The van der Waals surface area contributed by atoms with Crippen molar-refractivity contribution in [3.63, 3.8) is 0 Å². The SMILES string of the molecule is O=C(OCc1ccn(-c2ccccc2)n1)c1ccc(Cl)c(S(=O)(=O)N2CCOCC2)c1. The van der Waals surface area contributed by atoms with Gasteiger partial charge in [0, 0.05) is 19.3 Å². The molecule has 1 aromatic heterocycles. The van der Waals surface area contributed by atoms with Gasteiger partial charge in [0.1, 0.15) is 17.2 Å². The highest BCUT2D eigenvalue weighted by Crippen LogP contribution is 2.27. The summed E-state index contributed by atoms with van der Waals surface area (Å²) in [5, 5.41) is 4.43. The Morgan fingerprint density at radius 1 is 1.10 bits per heavy atom. The monoisotopic (exact) mass is 461 g/mol. The lowest BCUT2D eigenvalue weighted by Gasteiger charge is -2.26. The number of morpholine rings is 1. The average Bonchev–Trinajstić information content (AvgIpc) is 3.28. The Balaban J connectivity index is 1.47. The van der Waals surface area contributed by atoms with Crippen LogP contribution in [0.3, 0.4) is 0 Å². The van der Waals surface area contributed by atoms with Gasteiger partial charge in [0.25, 0.3) is 0 Å². The van der Waals surface area contributed by atoms with E-state index in [0.29, 0.717) is 18.9 Å². The summed E-state index contributed by atoms with van der Waals surface area (Å²) in [4.78, 5) is 12.4. The van der Waals surface area contributed by atoms with Gasteiger partial charge in [0.05, 0.1) is 29.5 Å². The Morgan fingerprint density at radius 2 is 1.84 bits per heavy atom. The maximum absolute atomic E-state index is 12.9. The molecule has 1 fully saturated rings. The van der Waals surface area contributed by atoms with Gasteiger partial charge < -0.3 is 9.47 Å². The molecule has 10 heteroatoms. The van der Waals surface area contributed by atoms with Crippen molar-refractivity contribution in [1.29, 1.82) is 0 Å². The van der Waals surface area contributed by atoms with E-state index < -0.39 is 16.0 Å². The third-order valence-corrected chi connectivity index (χ3v) is 7.15. The number of nitrogens with zero attached hydrogens (tertiary/aromatic N) is 3. The predicted molar refractivity (Wildman–Crippen MR) is 114 cm³/mol. The lowest BCUT2D eigenvalue weighted by molar-refractivity contribution is 0.0467. The average molecular weight is 462 g/mol. The molecule has 0 radical (unpaired) electrons. The van der Waals surface area contributed by atoms with Crippen molar-refractivity contribution in [2.45, 2.75) is 11.5 Å². The van der Waals surface area contributed by atoms with Gasteiger partial charge in [-0.15, -0.1) is 0 Å². The smallest absolute Gasteiger partial charge is 0.338 e. The zero-order valence-corrected chi connectivity index (χ0v) is 18.1. The van der Waals surface area contributed by atoms with E-state index in [9.17, 15) is 13.2 Å². The van der Waals surface area contributed by atoms with E-state index in [1.807, 2.05) is 30.3 Å². The number of rotatable bonds is 6. The summed E-state index contributed by atoms with van der Waals surface area (Å²) < 4.78 is 39.4. The molecular formula is C21H20ClN3O5S. The second-order valence-corrected chi connectivity index (χ2v) is 9.14. The number of carbonyl (C=O) groups excluding carboxylic acids is 1. The molecule has 2 heterocycles. The Hall–Kier alpha value is -2.72. The van der Waals surface area contributed by atoms with Crippen LogP contribution in [0.4, 0.5) is 0 Å². The normalized spacial score (nSPS) is 15.0. The van der Waals surface area contributed by atoms with Crippen LogP contribution in [0, 0.1) is 0 Å². The molecule has 0 atom stereocenters. The van der Waals surface area contributed by atoms with Crippen LogP contribution in [0.2, 0.25) is 5.02 Å². The molecule has 1 saturated heterocycles. The van der Waals surface area contributed by atoms with Crippen molar-refractivity contribution in [2.75, 3.05) is 26.3 Å². The summed E-state index contributed by atoms with van der Waals surface area (Å²) in [5.74, 6) is -0.663. The number of esters is 1. The fourth-order valence-corrected chi connectivity index (χ4v) is 5.05. The molecular weight excluding hydrogens is 442 g/mol. The van der Waals surface area contributed by atoms with E-state index in [1.165, 1.54) is 22.5 Å². The number of hydrogen-bond acceptors (Lipinski definition) is 6. The first-order valence-corrected chi connectivity index (χ1v) is 11.4. The first-order valence-electron chi connectivity index (χ1n) is 9.60. The molecule has 0 bridgehead atoms. The van der Waals surface area contributed by atoms with E-state index in [1.54, 1.807) is 16.9 Å². The molecule has 2 aromatic carbocycles. The van der Waals surface area contributed by atoms with Gasteiger partial charge in [-0.1, -0.05) is 29.8 Å². The number of para-hydroxylation sites is 1. The van der Waals surface area contributed by atoms with Crippen molar-refractivity contribution in [1.82, 2.24) is 14.1 Å². The highest BCUT2D eigenvalue weighted by atomic mass is 35.5. The topological polar surface area (TPSA) is 90.7 Å². The predicted octanol–water partition coefficient (Wildman–Crippen LogP) is 2.90. The van der Waals surface area contributed by atoms with Gasteiger partial charge in [-0.25, -0.2) is 17.9 Å². The number of sulfonamides is 1. The van der Waals surface area contributed by atoms with E-state index in [2.05, 4.69) is 5.10 Å². The fourth-order valence-electron chi connectivity index (χ4n) is 3.14. The van der Waals surface area contributed by atoms with Gasteiger partial charge >= 0.3 is 5.97 Å². The van der Waals surface area contributed by atoms with Crippen molar-refractivity contribution >= 4 is 27.6 Å². The standard InChI is InChI=1S/C21H20ClN3O5S/c22-19-7-6-16(14-20(19)31(27,28)24-10-12-29-13-11-24)21(26)30-15-17-8-9-25(23-17)18-4-2-1-3-5-18/h1-9,14H,10-13,15H2. The van der Waals surface area contributed by atoms with Crippen LogP contribution in [0.25, 0.3) is 5.69 Å². The van der Waals surface area contributed by atoms with E-state index >= 15 is 0 Å². The maximum Gasteiger partial charge on any atom is 0.338 e. The Bertz CT molecular complexity index is 1170. The molecule has 0 unspecified atom stereocenters. The second-order valence-electron chi connectivity index (χ2n) is 6.82. The van der Waals surface area contributed by atoms with Crippen LogP contribution in [-0.4, -0.2) is 54.8 Å². The quantitative estimate of drug-likeness (QED) is 0.524. The Kier molecular flexibility index (Phi) is 6.38. The van der Waals surface area contributed by atoms with Crippen LogP contribution >= 0.6 is 11.6 Å². The number of hydrogen-bond donors (Lipinski definition) is 0. The van der Waals surface area contributed by atoms with Gasteiger partial charge in [0.15, 0.2) is 0 Å². The second kappa shape index (κ2) is 9.19. The zero-order chi connectivity index (χ0) is 21.8. The molecule has 0 saturated carbocycles. The minimum atomic E-state index is -3.85. The van der Waals surface area contributed by atoms with E-state index in [4.69, 9.17) is 21.1 Å². The molecule has 1 aliphatic heterocycles. The third-order valence-electron chi connectivity index (χ3n) is 4.77. The molecule has 1 aliphatic rings. The highest BCUT2D eigenvalue weighted by molar-refractivity contribution is 7.89. The van der Waals surface area contributed by atoms with Crippen molar-refractivity contribution in [3.05, 3.63) is 77.1 Å². The minimum absolute atomic E-state index is 0.0460. The summed E-state index contributed by atoms with van der Waals surface area (Å²) in [6.45, 7) is 1.05. The summed E-state index contributed by atoms with van der Waals surface area (Å²) in [5.41, 5.74) is 1.54. The van der Waals surface area contributed by atoms with Crippen molar-refractivity contribution in [3.8, 4) is 5.69 Å². The van der Waals surface area contributed by atoms with Crippen LogP contribution < -0.4 is 0 Å². The number of benzene rings is 2. The first-order chi connectivity index (χ1) is 14.9. The molecule has 3 aromatic rings. The molecule has 0 N–H and O–H groups in total. The summed E-state index contributed by atoms with van der Waals surface area (Å²) in [6.07, 6.45) is 1.77. The number of halogens is 1. The molecule has 4 rings (SSSR count). The fraction of sp³-hybridized carbons (Fsp3) is 0.238. The molecule has 0 aliphatic carbocycles. The van der Waals surface area contributed by atoms with Gasteiger partial charge in [-0.3, -0.25) is 0 Å². The lowest BCUT2D eigenvalue weighted by Crippen LogP contribution is -2.40. The number of ether oxygens (including phenoxy) is 2. The number of carbonyl (C=O) groups is 1. The van der Waals surface area contributed by atoms with Crippen LogP contribution in [0.15, 0.2) is 65.7 Å². The molecule has 162 valence electrons. The molecule has 0 spiro atoms. The lowest BCUT2D eigenvalue weighted by atomic mass is 10.2. The van der Waals surface area contributed by atoms with Crippen molar-refractivity contribution < 1.29 is 22.7 Å². The van der Waals surface area contributed by atoms with E-state index in [-0.39, 0.29) is 35.2 Å². The largest absolute Gasteiger partial charge is 0.456 e. The third kappa shape index (κ3) is 4.80. The first kappa shape index (κ1) is 21.5. The summed E-state index contributed by atoms with van der Waals surface area (Å²) in [7, 11) is -3.85. The van der Waals surface area contributed by atoms with Crippen LogP contribution in [0.1, 0.15) is 16.1 Å². The maximum atomic E-state index is 12.9. The number of aromatic nitrogens is 2.